The van der Waals surface area contributed by atoms with Crippen LogP contribution in [0, 0.1) is 0 Å². The second kappa shape index (κ2) is 11.4. The largest absolute Gasteiger partial charge is 0.321 e. The summed E-state index contributed by atoms with van der Waals surface area (Å²) in [5, 5.41) is 16.9. The summed E-state index contributed by atoms with van der Waals surface area (Å²) in [7, 11) is 0. The Balaban J connectivity index is 0.00000171. The van der Waals surface area contributed by atoms with Crippen LogP contribution in [0.25, 0.3) is 0 Å². The maximum atomic E-state index is 12.4. The van der Waals surface area contributed by atoms with Gasteiger partial charge < -0.3 is 16.0 Å². The fourth-order valence-electron chi connectivity index (χ4n) is 3.17. The van der Waals surface area contributed by atoms with Crippen LogP contribution in [0.5, 0.6) is 0 Å². The molecule has 1 aliphatic rings. The van der Waals surface area contributed by atoms with Gasteiger partial charge in [0.25, 0.3) is 11.8 Å². The molecule has 3 heterocycles. The Morgan fingerprint density at radius 2 is 1.68 bits per heavy atom. The van der Waals surface area contributed by atoms with Gasteiger partial charge in [-0.3, -0.25) is 14.6 Å². The minimum atomic E-state index is -0.335. The highest BCUT2D eigenvalue weighted by molar-refractivity contribution is 6.05. The van der Waals surface area contributed by atoms with Crippen LogP contribution in [0.3, 0.4) is 0 Å². The Kier molecular flexibility index (Phi) is 8.92. The summed E-state index contributed by atoms with van der Waals surface area (Å²) >= 11 is 0. The third-order valence-electron chi connectivity index (χ3n) is 4.75. The van der Waals surface area contributed by atoms with Crippen LogP contribution >= 0.6 is 24.8 Å². The monoisotopic (exact) mass is 463 g/mol. The third kappa shape index (κ3) is 6.24. The highest BCUT2D eigenvalue weighted by Crippen LogP contribution is 2.18. The minimum Gasteiger partial charge on any atom is -0.321 e. The first-order valence-electron chi connectivity index (χ1n) is 9.44. The van der Waals surface area contributed by atoms with Gasteiger partial charge in [-0.1, -0.05) is 5.21 Å². The first-order chi connectivity index (χ1) is 14.2. The molecule has 11 heteroatoms. The zero-order valence-corrected chi connectivity index (χ0v) is 18.2. The van der Waals surface area contributed by atoms with E-state index < -0.39 is 0 Å². The summed E-state index contributed by atoms with van der Waals surface area (Å²) < 4.78 is 1.77. The number of pyridine rings is 1. The molecular formula is C20H23Cl2N7O2. The number of nitrogens with zero attached hydrogens (tertiary/aromatic N) is 4. The molecule has 3 aromatic rings. The molecule has 1 saturated heterocycles. The number of hydrogen-bond donors (Lipinski definition) is 3. The molecule has 1 fully saturated rings. The molecule has 1 aliphatic heterocycles. The molecule has 2 aromatic heterocycles. The summed E-state index contributed by atoms with van der Waals surface area (Å²) in [5.41, 5.74) is 1.93. The van der Waals surface area contributed by atoms with Gasteiger partial charge in [0.15, 0.2) is 5.69 Å². The van der Waals surface area contributed by atoms with Crippen molar-refractivity contribution in [1.82, 2.24) is 25.3 Å². The molecule has 4 rings (SSSR count). The lowest BCUT2D eigenvalue weighted by Crippen LogP contribution is -2.29. The molecule has 31 heavy (non-hydrogen) atoms. The minimum absolute atomic E-state index is 0. The molecule has 0 radical (unpaired) electrons. The third-order valence-corrected chi connectivity index (χ3v) is 4.75. The first kappa shape index (κ1) is 24.3. The fraction of sp³-hybridized carbons (Fsp3) is 0.250. The van der Waals surface area contributed by atoms with Crippen LogP contribution < -0.4 is 16.0 Å². The van der Waals surface area contributed by atoms with Gasteiger partial charge in [-0.05, 0) is 62.3 Å². The number of amides is 2. The lowest BCUT2D eigenvalue weighted by atomic mass is 10.1. The molecule has 0 unspecified atom stereocenters. The summed E-state index contributed by atoms with van der Waals surface area (Å²) in [4.78, 5) is 28.7. The predicted octanol–water partition coefficient (Wildman–Crippen LogP) is 2.95. The molecule has 2 amide bonds. The second-order valence-corrected chi connectivity index (χ2v) is 6.79. The number of carbonyl (C=O) groups is 2. The smallest absolute Gasteiger partial charge is 0.277 e. The Morgan fingerprint density at radius 1 is 0.968 bits per heavy atom. The highest BCUT2D eigenvalue weighted by atomic mass is 35.5. The van der Waals surface area contributed by atoms with E-state index >= 15 is 0 Å². The van der Waals surface area contributed by atoms with Crippen LogP contribution in [-0.4, -0.2) is 44.9 Å². The average molecular weight is 464 g/mol. The van der Waals surface area contributed by atoms with E-state index in [1.807, 2.05) is 0 Å². The topological polar surface area (TPSA) is 114 Å². The summed E-state index contributed by atoms with van der Waals surface area (Å²) in [6, 6.07) is 10.4. The van der Waals surface area contributed by atoms with Crippen molar-refractivity contribution < 1.29 is 9.59 Å². The number of halogens is 2. The van der Waals surface area contributed by atoms with Crippen LogP contribution in [0.4, 0.5) is 11.4 Å². The lowest BCUT2D eigenvalue weighted by Gasteiger charge is -2.22. The molecular weight excluding hydrogens is 441 g/mol. The van der Waals surface area contributed by atoms with Gasteiger partial charge in [0.05, 0.1) is 24.1 Å². The number of carbonyl (C=O) groups excluding carboxylic acids is 2. The van der Waals surface area contributed by atoms with Crippen molar-refractivity contribution in [2.75, 3.05) is 23.7 Å². The molecule has 3 N–H and O–H groups in total. The normalized spacial score (nSPS) is 13.4. The highest BCUT2D eigenvalue weighted by Gasteiger charge is 2.19. The zero-order chi connectivity index (χ0) is 20.1. The number of aromatic nitrogens is 4. The van der Waals surface area contributed by atoms with Gasteiger partial charge in [-0.2, -0.15) is 0 Å². The zero-order valence-electron chi connectivity index (χ0n) is 16.5. The van der Waals surface area contributed by atoms with E-state index in [1.165, 1.54) is 0 Å². The van der Waals surface area contributed by atoms with Crippen molar-refractivity contribution >= 4 is 48.0 Å². The van der Waals surface area contributed by atoms with Crippen molar-refractivity contribution in [1.29, 1.82) is 0 Å². The van der Waals surface area contributed by atoms with Crippen LogP contribution in [0.2, 0.25) is 0 Å². The maximum absolute atomic E-state index is 12.4. The standard InChI is InChI=1S/C20H21N7O2.2ClH/c28-19(24-16-2-1-9-22-12-16)14-3-5-15(6-4-14)23-20(29)18-13-27(26-25-18)17-7-10-21-11-8-17;;/h1-6,9,12-13,17,21H,7-8,10-11H2,(H,23,29)(H,24,28);2*1H. The number of anilines is 2. The Bertz CT molecular complexity index is 990. The van der Waals surface area contributed by atoms with Gasteiger partial charge in [-0.25, -0.2) is 4.68 Å². The van der Waals surface area contributed by atoms with Gasteiger partial charge >= 0.3 is 0 Å². The van der Waals surface area contributed by atoms with E-state index in [9.17, 15) is 9.59 Å². The Morgan fingerprint density at radius 3 is 2.35 bits per heavy atom. The Labute approximate surface area is 191 Å². The van der Waals surface area contributed by atoms with E-state index in [-0.39, 0.29) is 48.4 Å². The molecule has 0 saturated carbocycles. The SMILES string of the molecule is Cl.Cl.O=C(Nc1cccnc1)c1ccc(NC(=O)c2cn(C3CCNCC3)nn2)cc1. The summed E-state index contributed by atoms with van der Waals surface area (Å²) in [6.45, 7) is 1.87. The first-order valence-corrected chi connectivity index (χ1v) is 9.44. The maximum Gasteiger partial charge on any atom is 0.277 e. The van der Waals surface area contributed by atoms with Crippen molar-refractivity contribution in [3.05, 3.63) is 66.2 Å². The van der Waals surface area contributed by atoms with Gasteiger partial charge in [0.1, 0.15) is 0 Å². The number of rotatable bonds is 5. The molecule has 0 spiro atoms. The van der Waals surface area contributed by atoms with E-state index in [4.69, 9.17) is 0 Å². The molecule has 164 valence electrons. The van der Waals surface area contributed by atoms with Gasteiger partial charge in [0, 0.05) is 17.4 Å². The van der Waals surface area contributed by atoms with Crippen molar-refractivity contribution in [2.45, 2.75) is 18.9 Å². The molecule has 0 bridgehead atoms. The lowest BCUT2D eigenvalue weighted by molar-refractivity contribution is 0.101. The molecule has 0 atom stereocenters. The predicted molar refractivity (Wildman–Crippen MR) is 122 cm³/mol. The number of benzene rings is 1. The quantitative estimate of drug-likeness (QED) is 0.535. The van der Waals surface area contributed by atoms with Crippen LogP contribution in [-0.2, 0) is 0 Å². The van der Waals surface area contributed by atoms with Crippen molar-refractivity contribution in [3.8, 4) is 0 Å². The number of hydrogen-bond acceptors (Lipinski definition) is 6. The number of nitrogens with one attached hydrogen (secondary N) is 3. The fourth-order valence-corrected chi connectivity index (χ4v) is 3.17. The molecule has 9 nitrogen and oxygen atoms in total. The van der Waals surface area contributed by atoms with E-state index in [1.54, 1.807) is 59.7 Å². The van der Waals surface area contributed by atoms with Gasteiger partial charge in [0.2, 0.25) is 0 Å². The van der Waals surface area contributed by atoms with E-state index in [0.717, 1.165) is 25.9 Å². The number of piperidine rings is 1. The average Bonchev–Trinajstić information content (AvgIpc) is 3.26. The van der Waals surface area contributed by atoms with Crippen molar-refractivity contribution in [2.24, 2.45) is 0 Å². The van der Waals surface area contributed by atoms with Crippen molar-refractivity contribution in [3.63, 3.8) is 0 Å². The molecule has 1 aromatic carbocycles. The van der Waals surface area contributed by atoms with Crippen LogP contribution in [0.1, 0.15) is 39.7 Å². The summed E-state index contributed by atoms with van der Waals surface area (Å²) in [5.74, 6) is -0.585. The van der Waals surface area contributed by atoms with E-state index in [2.05, 4.69) is 31.2 Å². The molecule has 0 aliphatic carbocycles. The van der Waals surface area contributed by atoms with E-state index in [0.29, 0.717) is 16.9 Å². The van der Waals surface area contributed by atoms with Gasteiger partial charge in [-0.15, -0.1) is 29.9 Å². The Hall–Kier alpha value is -3.01. The second-order valence-electron chi connectivity index (χ2n) is 6.79. The summed E-state index contributed by atoms with van der Waals surface area (Å²) in [6.07, 6.45) is 6.82. The van der Waals surface area contributed by atoms with Crippen LogP contribution in [0.15, 0.2) is 55.0 Å².